The molecule has 0 aromatic heterocycles. The number of rotatable bonds is 9. The van der Waals surface area contributed by atoms with E-state index in [4.69, 9.17) is 23.1 Å². The summed E-state index contributed by atoms with van der Waals surface area (Å²) in [4.78, 5) is 2.92. The summed E-state index contributed by atoms with van der Waals surface area (Å²) < 4.78 is 0. The van der Waals surface area contributed by atoms with Crippen LogP contribution in [0, 0.1) is 5.41 Å². The standard InChI is InChI=1S/C13H28N2OS/c1-5-11(6-2)15(9-10-16)8-7-13(3,4)12(14)17/h11,16H,5-10H2,1-4H3,(H2,14,17). The fraction of sp³-hybridized carbons (Fsp3) is 0.923. The molecule has 4 heteroatoms. The molecule has 0 unspecified atom stereocenters. The number of aliphatic hydroxyl groups is 1. The first-order valence-electron chi connectivity index (χ1n) is 6.53. The van der Waals surface area contributed by atoms with E-state index in [0.717, 1.165) is 32.4 Å². The molecule has 0 spiro atoms. The summed E-state index contributed by atoms with van der Waals surface area (Å²) in [6.45, 7) is 10.4. The molecule has 0 saturated heterocycles. The second-order valence-corrected chi connectivity index (χ2v) is 5.67. The van der Waals surface area contributed by atoms with Crippen LogP contribution in [0.3, 0.4) is 0 Å². The fourth-order valence-corrected chi connectivity index (χ4v) is 2.06. The van der Waals surface area contributed by atoms with Gasteiger partial charge in [-0.15, -0.1) is 0 Å². The second-order valence-electron chi connectivity index (χ2n) is 5.23. The molecular weight excluding hydrogens is 232 g/mol. The predicted molar refractivity (Wildman–Crippen MR) is 78.2 cm³/mol. The third-order valence-corrected chi connectivity index (χ3v) is 4.09. The molecule has 0 radical (unpaired) electrons. The summed E-state index contributed by atoms with van der Waals surface area (Å²) in [5.41, 5.74) is 5.63. The molecule has 0 atom stereocenters. The number of nitrogens with two attached hydrogens (primary N) is 1. The molecule has 3 nitrogen and oxygen atoms in total. The van der Waals surface area contributed by atoms with Gasteiger partial charge in [-0.25, -0.2) is 0 Å². The lowest BCUT2D eigenvalue weighted by atomic mass is 9.89. The van der Waals surface area contributed by atoms with Gasteiger partial charge in [0.2, 0.25) is 0 Å². The number of thiocarbonyl (C=S) groups is 1. The van der Waals surface area contributed by atoms with E-state index in [1.54, 1.807) is 0 Å². The molecule has 0 rings (SSSR count). The number of hydrogen-bond donors (Lipinski definition) is 2. The summed E-state index contributed by atoms with van der Waals surface area (Å²) in [5, 5.41) is 9.12. The van der Waals surface area contributed by atoms with Crippen molar-refractivity contribution in [2.24, 2.45) is 11.1 Å². The van der Waals surface area contributed by atoms with Gasteiger partial charge in [-0.2, -0.15) is 0 Å². The molecule has 0 amide bonds. The van der Waals surface area contributed by atoms with E-state index in [2.05, 4.69) is 32.6 Å². The Bertz CT molecular complexity index is 227. The zero-order chi connectivity index (χ0) is 13.5. The maximum Gasteiger partial charge on any atom is 0.0784 e. The Hall–Kier alpha value is -0.190. The number of hydrogen-bond acceptors (Lipinski definition) is 3. The first-order valence-corrected chi connectivity index (χ1v) is 6.94. The predicted octanol–water partition coefficient (Wildman–Crippen LogP) is 2.17. The van der Waals surface area contributed by atoms with Gasteiger partial charge in [-0.3, -0.25) is 4.90 Å². The van der Waals surface area contributed by atoms with Crippen molar-refractivity contribution in [3.63, 3.8) is 0 Å². The molecule has 0 aromatic carbocycles. The molecule has 0 aromatic rings. The van der Waals surface area contributed by atoms with Crippen molar-refractivity contribution in [2.75, 3.05) is 19.7 Å². The minimum absolute atomic E-state index is 0.102. The van der Waals surface area contributed by atoms with E-state index in [9.17, 15) is 0 Å². The quantitative estimate of drug-likeness (QED) is 0.624. The van der Waals surface area contributed by atoms with E-state index >= 15 is 0 Å². The van der Waals surface area contributed by atoms with Crippen LogP contribution >= 0.6 is 12.2 Å². The molecule has 0 bridgehead atoms. The molecule has 0 aliphatic carbocycles. The maximum atomic E-state index is 9.12. The topological polar surface area (TPSA) is 49.5 Å². The minimum Gasteiger partial charge on any atom is -0.395 e. The third kappa shape index (κ3) is 5.80. The van der Waals surface area contributed by atoms with Crippen LogP contribution in [-0.4, -0.2) is 40.7 Å². The smallest absolute Gasteiger partial charge is 0.0784 e. The normalized spacial score (nSPS) is 12.4. The van der Waals surface area contributed by atoms with E-state index < -0.39 is 0 Å². The van der Waals surface area contributed by atoms with Crippen molar-refractivity contribution in [3.05, 3.63) is 0 Å². The molecule has 3 N–H and O–H groups in total. The van der Waals surface area contributed by atoms with Crippen molar-refractivity contribution in [1.82, 2.24) is 4.90 Å². The first-order chi connectivity index (χ1) is 7.88. The van der Waals surface area contributed by atoms with Gasteiger partial charge >= 0.3 is 0 Å². The highest BCUT2D eigenvalue weighted by Gasteiger charge is 2.24. The zero-order valence-electron chi connectivity index (χ0n) is 11.7. The van der Waals surface area contributed by atoms with Gasteiger partial charge in [0, 0.05) is 18.0 Å². The third-order valence-electron chi connectivity index (χ3n) is 3.54. The van der Waals surface area contributed by atoms with Crippen LogP contribution in [0.4, 0.5) is 0 Å². The van der Waals surface area contributed by atoms with Crippen molar-refractivity contribution >= 4 is 17.2 Å². The highest BCUT2D eigenvalue weighted by Crippen LogP contribution is 2.22. The number of aliphatic hydroxyl groups excluding tert-OH is 1. The second kappa shape index (κ2) is 8.01. The van der Waals surface area contributed by atoms with E-state index in [1.807, 2.05) is 0 Å². The van der Waals surface area contributed by atoms with Crippen molar-refractivity contribution < 1.29 is 5.11 Å². The molecule has 17 heavy (non-hydrogen) atoms. The lowest BCUT2D eigenvalue weighted by Gasteiger charge is -2.33. The summed E-state index contributed by atoms with van der Waals surface area (Å²) >= 11 is 5.08. The zero-order valence-corrected chi connectivity index (χ0v) is 12.5. The Morgan fingerprint density at radius 1 is 1.29 bits per heavy atom. The molecule has 0 aliphatic rings. The van der Waals surface area contributed by atoms with Gasteiger partial charge in [0.15, 0.2) is 0 Å². The van der Waals surface area contributed by atoms with Crippen molar-refractivity contribution in [3.8, 4) is 0 Å². The maximum absolute atomic E-state index is 9.12. The molecular formula is C13H28N2OS. The Morgan fingerprint density at radius 2 is 1.82 bits per heavy atom. The van der Waals surface area contributed by atoms with Gasteiger partial charge < -0.3 is 10.8 Å². The van der Waals surface area contributed by atoms with Crippen LogP contribution in [0.2, 0.25) is 0 Å². The minimum atomic E-state index is -0.102. The van der Waals surface area contributed by atoms with Gasteiger partial charge in [-0.1, -0.05) is 39.9 Å². The van der Waals surface area contributed by atoms with E-state index in [1.165, 1.54) is 0 Å². The van der Waals surface area contributed by atoms with Crippen LogP contribution in [0.1, 0.15) is 47.0 Å². The summed E-state index contributed by atoms with van der Waals surface area (Å²) in [6.07, 6.45) is 3.17. The molecule has 0 heterocycles. The lowest BCUT2D eigenvalue weighted by Crippen LogP contribution is -2.41. The van der Waals surface area contributed by atoms with Crippen LogP contribution in [-0.2, 0) is 0 Å². The van der Waals surface area contributed by atoms with Crippen LogP contribution in [0.25, 0.3) is 0 Å². The van der Waals surface area contributed by atoms with Crippen LogP contribution in [0.15, 0.2) is 0 Å². The van der Waals surface area contributed by atoms with Crippen LogP contribution in [0.5, 0.6) is 0 Å². The SMILES string of the molecule is CCC(CC)N(CCO)CCC(C)(C)C(N)=S. The highest BCUT2D eigenvalue weighted by atomic mass is 32.1. The van der Waals surface area contributed by atoms with Gasteiger partial charge in [0.1, 0.15) is 0 Å². The largest absolute Gasteiger partial charge is 0.395 e. The van der Waals surface area contributed by atoms with E-state index in [0.29, 0.717) is 11.0 Å². The highest BCUT2D eigenvalue weighted by molar-refractivity contribution is 7.80. The van der Waals surface area contributed by atoms with E-state index in [-0.39, 0.29) is 12.0 Å². The van der Waals surface area contributed by atoms with Crippen molar-refractivity contribution in [2.45, 2.75) is 53.0 Å². The number of nitrogens with zero attached hydrogens (tertiary/aromatic N) is 1. The average Bonchev–Trinajstić information content (AvgIpc) is 2.27. The summed E-state index contributed by atoms with van der Waals surface area (Å²) in [5.74, 6) is 0. The Labute approximate surface area is 111 Å². The Balaban J connectivity index is 4.40. The van der Waals surface area contributed by atoms with Gasteiger partial charge in [-0.05, 0) is 25.8 Å². The first kappa shape index (κ1) is 16.8. The molecule has 0 aliphatic heterocycles. The summed E-state index contributed by atoms with van der Waals surface area (Å²) in [6, 6.07) is 0.546. The Morgan fingerprint density at radius 3 is 2.18 bits per heavy atom. The van der Waals surface area contributed by atoms with Crippen molar-refractivity contribution in [1.29, 1.82) is 0 Å². The fourth-order valence-electron chi connectivity index (χ4n) is 1.96. The average molecular weight is 260 g/mol. The van der Waals surface area contributed by atoms with Gasteiger partial charge in [0.05, 0.1) is 11.6 Å². The Kier molecular flexibility index (Phi) is 7.92. The summed E-state index contributed by atoms with van der Waals surface area (Å²) in [7, 11) is 0. The molecule has 0 saturated carbocycles. The molecule has 102 valence electrons. The monoisotopic (exact) mass is 260 g/mol. The van der Waals surface area contributed by atoms with Crippen LogP contribution < -0.4 is 5.73 Å². The molecule has 0 fully saturated rings. The van der Waals surface area contributed by atoms with Gasteiger partial charge in [0.25, 0.3) is 0 Å². The lowest BCUT2D eigenvalue weighted by molar-refractivity contribution is 0.133.